The Bertz CT molecular complexity index is 1300. The summed E-state index contributed by atoms with van der Waals surface area (Å²) in [5, 5.41) is 6.50. The Hall–Kier alpha value is -3.86. The second-order valence-corrected chi connectivity index (χ2v) is 9.55. The van der Waals surface area contributed by atoms with E-state index < -0.39 is 0 Å². The number of aromatic nitrogens is 3. The second kappa shape index (κ2) is 11.7. The van der Waals surface area contributed by atoms with E-state index in [1.54, 1.807) is 6.92 Å². The molecule has 11 nitrogen and oxygen atoms in total. The molecule has 0 atom stereocenters. The molecule has 2 aliphatic heterocycles. The average molecular weight is 524 g/mol. The Kier molecular flexibility index (Phi) is 7.92. The van der Waals surface area contributed by atoms with Crippen LogP contribution in [0, 0.1) is 12.8 Å². The predicted octanol–water partition coefficient (Wildman–Crippen LogP) is 3.11. The number of ether oxygens (including phenoxy) is 4. The molecule has 1 saturated carbocycles. The number of H-pyrrole nitrogens is 1. The minimum absolute atomic E-state index is 0.113. The van der Waals surface area contributed by atoms with E-state index >= 15 is 0 Å². The number of aromatic amines is 1. The maximum atomic E-state index is 13.2. The van der Waals surface area contributed by atoms with Gasteiger partial charge >= 0.3 is 0 Å². The van der Waals surface area contributed by atoms with E-state index in [9.17, 15) is 9.59 Å². The maximum Gasteiger partial charge on any atom is 0.293 e. The molecular formula is C27H33N5O6. The molecule has 1 aliphatic carbocycles. The summed E-state index contributed by atoms with van der Waals surface area (Å²) < 4.78 is 21.8. The van der Waals surface area contributed by atoms with E-state index in [0.29, 0.717) is 65.1 Å². The summed E-state index contributed by atoms with van der Waals surface area (Å²) in [5.41, 5.74) is 3.95. The number of carbonyl (C=O) groups is 2. The molecule has 11 heteroatoms. The van der Waals surface area contributed by atoms with Crippen LogP contribution in [0.2, 0.25) is 0 Å². The molecule has 3 N–H and O–H groups in total. The Balaban J connectivity index is 0.000000540. The van der Waals surface area contributed by atoms with Gasteiger partial charge in [-0.1, -0.05) is 0 Å². The number of rotatable bonds is 8. The molecule has 3 aliphatic rings. The van der Waals surface area contributed by atoms with Gasteiger partial charge in [-0.15, -0.1) is 0 Å². The number of hydrogen-bond acceptors (Lipinski definition) is 9. The van der Waals surface area contributed by atoms with Crippen molar-refractivity contribution in [2.24, 2.45) is 5.92 Å². The molecule has 0 bridgehead atoms. The lowest BCUT2D eigenvalue weighted by Gasteiger charge is -2.23. The summed E-state index contributed by atoms with van der Waals surface area (Å²) in [4.78, 5) is 34.8. The summed E-state index contributed by atoms with van der Waals surface area (Å²) in [6, 6.07) is 3.93. The number of carbonyl (C=O) groups excluding carboxylic acids is 2. The first-order valence-corrected chi connectivity index (χ1v) is 13.1. The molecule has 0 unspecified atom stereocenters. The van der Waals surface area contributed by atoms with E-state index in [0.717, 1.165) is 37.2 Å². The van der Waals surface area contributed by atoms with Crippen molar-refractivity contribution in [2.45, 2.75) is 45.6 Å². The smallest absolute Gasteiger partial charge is 0.293 e. The van der Waals surface area contributed by atoms with Gasteiger partial charge in [-0.05, 0) is 70.7 Å². The standard InChI is InChI=1S/C24H27N5O4.C3H6O2/c1-13-18(24(30)29-15-6-8-25-9-7-15)20-22(28-13)21(27-11-26-20)19-16(31-10-14-2-3-14)4-5-17-23(19)33-12-32-17;1-2-5-3-4/h4-5,11,14-15,25,28H,2-3,6-10,12H2,1H3,(H,29,30);3H,2H2,1H3. The van der Waals surface area contributed by atoms with Crippen molar-refractivity contribution in [1.82, 2.24) is 25.6 Å². The lowest BCUT2D eigenvalue weighted by Crippen LogP contribution is -2.42. The monoisotopic (exact) mass is 523 g/mol. The third-order valence-electron chi connectivity index (χ3n) is 6.82. The Morgan fingerprint density at radius 3 is 2.71 bits per heavy atom. The van der Waals surface area contributed by atoms with Crippen molar-refractivity contribution < 1.29 is 28.5 Å². The summed E-state index contributed by atoms with van der Waals surface area (Å²) in [5.74, 6) is 2.45. The van der Waals surface area contributed by atoms with Crippen LogP contribution >= 0.6 is 0 Å². The maximum absolute atomic E-state index is 13.2. The zero-order valence-electron chi connectivity index (χ0n) is 21.7. The third-order valence-corrected chi connectivity index (χ3v) is 6.82. The molecule has 2 fully saturated rings. The lowest BCUT2D eigenvalue weighted by molar-refractivity contribution is -0.128. The van der Waals surface area contributed by atoms with Crippen LogP contribution in [0.4, 0.5) is 0 Å². The highest BCUT2D eigenvalue weighted by molar-refractivity contribution is 6.09. The van der Waals surface area contributed by atoms with Crippen LogP contribution in [0.1, 0.15) is 48.7 Å². The first-order valence-electron chi connectivity index (χ1n) is 13.1. The van der Waals surface area contributed by atoms with E-state index in [1.165, 1.54) is 19.2 Å². The van der Waals surface area contributed by atoms with Crippen LogP contribution in [-0.4, -0.2) is 66.5 Å². The van der Waals surface area contributed by atoms with Crippen molar-refractivity contribution in [1.29, 1.82) is 0 Å². The van der Waals surface area contributed by atoms with E-state index in [-0.39, 0.29) is 18.7 Å². The van der Waals surface area contributed by atoms with Crippen molar-refractivity contribution in [3.63, 3.8) is 0 Å². The fourth-order valence-electron chi connectivity index (χ4n) is 4.67. The van der Waals surface area contributed by atoms with Gasteiger partial charge in [0.25, 0.3) is 12.4 Å². The highest BCUT2D eigenvalue weighted by atomic mass is 16.7. The molecule has 6 rings (SSSR count). The van der Waals surface area contributed by atoms with Crippen molar-refractivity contribution >= 4 is 23.4 Å². The fraction of sp³-hybridized carbons (Fsp3) is 0.481. The Morgan fingerprint density at radius 2 is 2.00 bits per heavy atom. The summed E-state index contributed by atoms with van der Waals surface area (Å²) >= 11 is 0. The van der Waals surface area contributed by atoms with Crippen LogP contribution in [0.15, 0.2) is 18.5 Å². The van der Waals surface area contributed by atoms with E-state index in [2.05, 4.69) is 30.3 Å². The fourth-order valence-corrected chi connectivity index (χ4v) is 4.67. The van der Waals surface area contributed by atoms with Gasteiger partial charge in [-0.2, -0.15) is 0 Å². The zero-order chi connectivity index (χ0) is 26.5. The van der Waals surface area contributed by atoms with Crippen molar-refractivity contribution in [3.8, 4) is 28.5 Å². The van der Waals surface area contributed by atoms with Crippen LogP contribution in [0.25, 0.3) is 22.3 Å². The lowest BCUT2D eigenvalue weighted by atomic mass is 10.0. The molecule has 0 radical (unpaired) electrons. The normalized spacial score (nSPS) is 16.5. The number of hydrogen-bond donors (Lipinski definition) is 3. The SMILES string of the molecule is CCOC=O.Cc1[nH]c2c(-c3c(OCC4CC4)ccc4c3OCO4)ncnc2c1C(=O)NC1CCNCC1. The van der Waals surface area contributed by atoms with Gasteiger partial charge in [-0.25, -0.2) is 9.97 Å². The molecule has 0 spiro atoms. The number of nitrogens with one attached hydrogen (secondary N) is 3. The topological polar surface area (TPSA) is 137 Å². The van der Waals surface area contributed by atoms with Gasteiger partial charge in [0.05, 0.1) is 29.9 Å². The molecule has 3 aromatic rings. The minimum atomic E-state index is -0.113. The first-order chi connectivity index (χ1) is 18.6. The number of piperidine rings is 1. The van der Waals surface area contributed by atoms with Gasteiger partial charge < -0.3 is 34.6 Å². The number of benzene rings is 1. The molecule has 38 heavy (non-hydrogen) atoms. The first kappa shape index (κ1) is 25.8. The zero-order valence-corrected chi connectivity index (χ0v) is 21.7. The molecule has 1 saturated heterocycles. The van der Waals surface area contributed by atoms with Crippen LogP contribution in [0.5, 0.6) is 17.2 Å². The average Bonchev–Trinajstić information content (AvgIpc) is 3.51. The van der Waals surface area contributed by atoms with Crippen LogP contribution < -0.4 is 24.8 Å². The van der Waals surface area contributed by atoms with Crippen LogP contribution in [-0.2, 0) is 9.53 Å². The van der Waals surface area contributed by atoms with Crippen molar-refractivity contribution in [3.05, 3.63) is 29.7 Å². The molecule has 4 heterocycles. The summed E-state index contributed by atoms with van der Waals surface area (Å²) in [6.45, 7) is 7.19. The number of aryl methyl sites for hydroxylation is 1. The van der Waals surface area contributed by atoms with Gasteiger partial charge in [0.1, 0.15) is 23.3 Å². The molecule has 1 aromatic carbocycles. The van der Waals surface area contributed by atoms with Gasteiger partial charge in [0.2, 0.25) is 6.79 Å². The predicted molar refractivity (Wildman–Crippen MR) is 139 cm³/mol. The molecular weight excluding hydrogens is 490 g/mol. The second-order valence-electron chi connectivity index (χ2n) is 9.55. The van der Waals surface area contributed by atoms with Gasteiger partial charge in [-0.3, -0.25) is 9.59 Å². The van der Waals surface area contributed by atoms with E-state index in [4.69, 9.17) is 14.2 Å². The van der Waals surface area contributed by atoms with Gasteiger partial charge in [0.15, 0.2) is 11.5 Å². The highest BCUT2D eigenvalue weighted by Crippen LogP contribution is 2.48. The summed E-state index contributed by atoms with van der Waals surface area (Å²) in [7, 11) is 0. The highest BCUT2D eigenvalue weighted by Gasteiger charge is 2.30. The summed E-state index contributed by atoms with van der Waals surface area (Å²) in [6.07, 6.45) is 5.73. The number of nitrogens with zero attached hydrogens (tertiary/aromatic N) is 2. The van der Waals surface area contributed by atoms with E-state index in [1.807, 2.05) is 19.1 Å². The van der Waals surface area contributed by atoms with Gasteiger partial charge in [0, 0.05) is 11.7 Å². The van der Waals surface area contributed by atoms with Crippen molar-refractivity contribution in [2.75, 3.05) is 33.1 Å². The number of amides is 1. The Labute approximate surface area is 220 Å². The minimum Gasteiger partial charge on any atom is -0.492 e. The largest absolute Gasteiger partial charge is 0.492 e. The Morgan fingerprint density at radius 1 is 1.18 bits per heavy atom. The quantitative estimate of drug-likeness (QED) is 0.380. The molecule has 202 valence electrons. The third kappa shape index (κ3) is 5.52. The molecule has 1 amide bonds. The number of fused-ring (bicyclic) bond motifs is 2. The van der Waals surface area contributed by atoms with Crippen LogP contribution in [0.3, 0.4) is 0 Å². The molecule has 2 aromatic heterocycles.